The number of rotatable bonds is 5. The summed E-state index contributed by atoms with van der Waals surface area (Å²) in [7, 11) is -3.50. The fraction of sp³-hybridized carbons (Fsp3) is 0.364. The van der Waals surface area contributed by atoms with Gasteiger partial charge in [-0.25, -0.2) is 8.42 Å². The maximum Gasteiger partial charge on any atom is 0.252 e. The van der Waals surface area contributed by atoms with Gasteiger partial charge >= 0.3 is 0 Å². The lowest BCUT2D eigenvalue weighted by Gasteiger charge is -2.19. The number of nitrogens with zero attached hydrogens (tertiary/aromatic N) is 2. The molecular formula is C11H14N2O2S2. The van der Waals surface area contributed by atoms with E-state index in [0.29, 0.717) is 18.0 Å². The van der Waals surface area contributed by atoms with Crippen LogP contribution in [0.1, 0.15) is 18.7 Å². The van der Waals surface area contributed by atoms with Crippen molar-refractivity contribution in [3.8, 4) is 6.07 Å². The van der Waals surface area contributed by atoms with Crippen molar-refractivity contribution in [2.75, 3.05) is 13.1 Å². The zero-order chi connectivity index (χ0) is 13.1. The Morgan fingerprint density at radius 1 is 1.59 bits per heavy atom. The summed E-state index contributed by atoms with van der Waals surface area (Å²) in [6.45, 7) is 7.97. The van der Waals surface area contributed by atoms with E-state index in [1.807, 2.05) is 6.07 Å². The molecule has 92 valence electrons. The number of nitriles is 1. The summed E-state index contributed by atoms with van der Waals surface area (Å²) in [6, 6.07) is 4.93. The van der Waals surface area contributed by atoms with Gasteiger partial charge in [-0.05, 0) is 19.1 Å². The van der Waals surface area contributed by atoms with E-state index in [9.17, 15) is 8.42 Å². The molecule has 1 heterocycles. The Morgan fingerprint density at radius 3 is 2.65 bits per heavy atom. The van der Waals surface area contributed by atoms with Gasteiger partial charge in [-0.3, -0.25) is 0 Å². The van der Waals surface area contributed by atoms with Crippen LogP contribution in [0, 0.1) is 11.3 Å². The molecular weight excluding hydrogens is 256 g/mol. The van der Waals surface area contributed by atoms with Gasteiger partial charge in [0, 0.05) is 13.1 Å². The molecule has 0 amide bonds. The molecule has 0 fully saturated rings. The van der Waals surface area contributed by atoms with Crippen LogP contribution in [-0.4, -0.2) is 25.8 Å². The molecule has 4 nitrogen and oxygen atoms in total. The fourth-order valence-electron chi connectivity index (χ4n) is 1.31. The lowest BCUT2D eigenvalue weighted by atomic mass is 10.3. The van der Waals surface area contributed by atoms with Gasteiger partial charge in [-0.2, -0.15) is 9.57 Å². The number of sulfonamides is 1. The Balaban J connectivity index is 3.09. The first kappa shape index (κ1) is 13.9. The van der Waals surface area contributed by atoms with Crippen LogP contribution in [0.15, 0.2) is 28.5 Å². The van der Waals surface area contributed by atoms with Crippen molar-refractivity contribution in [1.29, 1.82) is 5.26 Å². The van der Waals surface area contributed by atoms with E-state index < -0.39 is 10.0 Å². The summed E-state index contributed by atoms with van der Waals surface area (Å²) < 4.78 is 26.0. The molecule has 0 atom stereocenters. The van der Waals surface area contributed by atoms with Crippen LogP contribution in [0.2, 0.25) is 0 Å². The van der Waals surface area contributed by atoms with Gasteiger partial charge in [0.2, 0.25) is 0 Å². The molecule has 6 heteroatoms. The minimum Gasteiger partial charge on any atom is -0.206 e. The zero-order valence-corrected chi connectivity index (χ0v) is 11.4. The van der Waals surface area contributed by atoms with E-state index in [2.05, 4.69) is 6.58 Å². The monoisotopic (exact) mass is 270 g/mol. The highest BCUT2D eigenvalue weighted by atomic mass is 32.2. The minimum absolute atomic E-state index is 0.206. The van der Waals surface area contributed by atoms with Crippen molar-refractivity contribution >= 4 is 21.4 Å². The van der Waals surface area contributed by atoms with E-state index >= 15 is 0 Å². The summed E-state index contributed by atoms with van der Waals surface area (Å²) in [5, 5.41) is 8.70. The Hall–Kier alpha value is -1.16. The second-order valence-corrected chi connectivity index (χ2v) is 6.87. The van der Waals surface area contributed by atoms with Gasteiger partial charge in [-0.1, -0.05) is 19.1 Å². The molecule has 1 rings (SSSR count). The van der Waals surface area contributed by atoms with Crippen molar-refractivity contribution < 1.29 is 8.42 Å². The van der Waals surface area contributed by atoms with E-state index in [0.717, 1.165) is 16.9 Å². The molecule has 0 saturated heterocycles. The predicted molar refractivity (Wildman–Crippen MR) is 68.3 cm³/mol. The molecule has 0 bridgehead atoms. The predicted octanol–water partition coefficient (Wildman–Crippen LogP) is 2.21. The molecule has 0 aliphatic heterocycles. The number of hydrogen-bond donors (Lipinski definition) is 0. The Bertz CT molecular complexity index is 552. The number of hydrogen-bond acceptors (Lipinski definition) is 4. The Labute approximate surface area is 106 Å². The van der Waals surface area contributed by atoms with Gasteiger partial charge in [0.15, 0.2) is 0 Å². The normalized spacial score (nSPS) is 11.4. The summed E-state index contributed by atoms with van der Waals surface area (Å²) in [5.41, 5.74) is 0.785. The second kappa shape index (κ2) is 5.45. The lowest BCUT2D eigenvalue weighted by molar-refractivity contribution is 0.454. The topological polar surface area (TPSA) is 61.2 Å². The Kier molecular flexibility index (Phi) is 4.46. The molecule has 0 aromatic carbocycles. The van der Waals surface area contributed by atoms with Crippen LogP contribution < -0.4 is 0 Å². The van der Waals surface area contributed by atoms with E-state index in [1.54, 1.807) is 13.8 Å². The highest BCUT2D eigenvalue weighted by molar-refractivity contribution is 7.91. The van der Waals surface area contributed by atoms with Crippen LogP contribution >= 0.6 is 11.3 Å². The zero-order valence-electron chi connectivity index (χ0n) is 9.80. The van der Waals surface area contributed by atoms with Crippen molar-refractivity contribution in [2.45, 2.75) is 18.1 Å². The maximum absolute atomic E-state index is 12.2. The summed E-state index contributed by atoms with van der Waals surface area (Å²) in [6.07, 6.45) is 0. The van der Waals surface area contributed by atoms with Crippen LogP contribution in [0.5, 0.6) is 0 Å². The van der Waals surface area contributed by atoms with Crippen LogP contribution in [0.3, 0.4) is 0 Å². The molecule has 0 spiro atoms. The maximum atomic E-state index is 12.2. The average molecular weight is 270 g/mol. The molecule has 1 aromatic rings. The molecule has 0 N–H and O–H groups in total. The second-order valence-electron chi connectivity index (χ2n) is 3.62. The molecule has 0 saturated carbocycles. The van der Waals surface area contributed by atoms with Gasteiger partial charge in [0.1, 0.15) is 15.2 Å². The van der Waals surface area contributed by atoms with Crippen molar-refractivity contribution in [3.05, 3.63) is 29.2 Å². The third kappa shape index (κ3) is 3.16. The summed E-state index contributed by atoms with van der Waals surface area (Å²) in [5.74, 6) is 0. The summed E-state index contributed by atoms with van der Waals surface area (Å²) >= 11 is 0.990. The summed E-state index contributed by atoms with van der Waals surface area (Å²) in [4.78, 5) is 0.398. The van der Waals surface area contributed by atoms with Gasteiger partial charge in [0.05, 0.1) is 0 Å². The van der Waals surface area contributed by atoms with Gasteiger partial charge in [-0.15, -0.1) is 11.3 Å². The highest BCUT2D eigenvalue weighted by Gasteiger charge is 2.24. The standard InChI is InChI=1S/C11H14N2O2S2/c1-4-13(8-9(2)3)17(14,15)11-6-5-10(7-12)16-11/h5-6H,2,4,8H2,1,3H3. The Morgan fingerprint density at radius 2 is 2.24 bits per heavy atom. The number of likely N-dealkylation sites (N-methyl/N-ethyl adjacent to an activating group) is 1. The van der Waals surface area contributed by atoms with Crippen LogP contribution in [-0.2, 0) is 10.0 Å². The molecule has 0 unspecified atom stereocenters. The highest BCUT2D eigenvalue weighted by Crippen LogP contribution is 2.24. The van der Waals surface area contributed by atoms with Gasteiger partial charge in [0.25, 0.3) is 10.0 Å². The smallest absolute Gasteiger partial charge is 0.206 e. The molecule has 0 aliphatic rings. The van der Waals surface area contributed by atoms with E-state index in [-0.39, 0.29) is 4.21 Å². The lowest BCUT2D eigenvalue weighted by Crippen LogP contribution is -2.31. The van der Waals surface area contributed by atoms with Crippen molar-refractivity contribution in [2.24, 2.45) is 0 Å². The van der Waals surface area contributed by atoms with Gasteiger partial charge < -0.3 is 0 Å². The molecule has 17 heavy (non-hydrogen) atoms. The quantitative estimate of drug-likeness (QED) is 0.771. The number of thiophene rings is 1. The first-order chi connectivity index (χ1) is 7.91. The first-order valence-corrected chi connectivity index (χ1v) is 7.32. The first-order valence-electron chi connectivity index (χ1n) is 5.06. The largest absolute Gasteiger partial charge is 0.252 e. The molecule has 0 aliphatic carbocycles. The van der Waals surface area contributed by atoms with Crippen LogP contribution in [0.4, 0.5) is 0 Å². The van der Waals surface area contributed by atoms with Crippen molar-refractivity contribution in [1.82, 2.24) is 4.31 Å². The van der Waals surface area contributed by atoms with E-state index in [4.69, 9.17) is 5.26 Å². The third-order valence-corrected chi connectivity index (χ3v) is 5.46. The molecule has 1 aromatic heterocycles. The van der Waals surface area contributed by atoms with Crippen molar-refractivity contribution in [3.63, 3.8) is 0 Å². The third-order valence-electron chi connectivity index (χ3n) is 2.08. The average Bonchev–Trinajstić information content (AvgIpc) is 2.74. The molecule has 0 radical (unpaired) electrons. The SMILES string of the molecule is C=C(C)CN(CC)S(=O)(=O)c1ccc(C#N)s1. The van der Waals surface area contributed by atoms with Crippen LogP contribution in [0.25, 0.3) is 0 Å². The fourth-order valence-corrected chi connectivity index (χ4v) is 4.08. The van der Waals surface area contributed by atoms with E-state index in [1.165, 1.54) is 16.4 Å². The minimum atomic E-state index is -3.50.